The highest BCUT2D eigenvalue weighted by atomic mass is 16.5. The van der Waals surface area contributed by atoms with Crippen molar-refractivity contribution in [3.05, 3.63) is 0 Å². The van der Waals surface area contributed by atoms with E-state index in [4.69, 9.17) is 9.47 Å². The van der Waals surface area contributed by atoms with Gasteiger partial charge in [0, 0.05) is 12.8 Å². The molecular weight excluding hydrogens is 452 g/mol. The topological polar surface area (TPSA) is 69.7 Å². The molecule has 2 atom stereocenters. The first kappa shape index (κ1) is 34.6. The van der Waals surface area contributed by atoms with Gasteiger partial charge < -0.3 is 14.3 Å². The lowest BCUT2D eigenvalue weighted by Gasteiger charge is -2.18. The first-order valence-electron chi connectivity index (χ1n) is 15.3. The molecule has 0 aliphatic carbocycles. The molecule has 2 unspecified atom stereocenters. The van der Waals surface area contributed by atoms with Crippen molar-refractivity contribution in [1.82, 2.24) is 0 Å². The monoisotopic (exact) mass is 510 g/mol. The van der Waals surface area contributed by atoms with Crippen LogP contribution in [0.3, 0.4) is 0 Å². The van der Waals surface area contributed by atoms with E-state index >= 15 is 0 Å². The van der Waals surface area contributed by atoms with Crippen molar-refractivity contribution in [3.63, 3.8) is 0 Å². The molecule has 0 heterocycles. The zero-order valence-corrected chi connectivity index (χ0v) is 24.3. The van der Waals surface area contributed by atoms with Crippen molar-refractivity contribution in [1.29, 1.82) is 0 Å². The minimum atomic E-state index is -0.239. The predicted molar refractivity (Wildman–Crippen MR) is 149 cm³/mol. The van der Waals surface area contributed by atoms with Crippen LogP contribution >= 0.6 is 0 Å². The Labute approximate surface area is 222 Å². The molecule has 0 saturated carbocycles. The largest absolute Gasteiger partial charge is 0.465 e. The van der Waals surface area contributed by atoms with Gasteiger partial charge in [0.25, 0.3) is 0 Å². The highest BCUT2D eigenvalue weighted by Crippen LogP contribution is 2.18. The van der Waals surface area contributed by atoms with Crippen LogP contribution in [0.2, 0.25) is 0 Å². The van der Waals surface area contributed by atoms with Gasteiger partial charge in [-0.2, -0.15) is 0 Å². The maximum absolute atomic E-state index is 12.2. The molecule has 0 aromatic carbocycles. The summed E-state index contributed by atoms with van der Waals surface area (Å²) in [7, 11) is 0. The van der Waals surface area contributed by atoms with E-state index in [1.165, 1.54) is 58.3 Å². The van der Waals surface area contributed by atoms with Crippen LogP contribution in [0, 0.1) is 5.92 Å². The molecular formula is C31H58O5. The van der Waals surface area contributed by atoms with E-state index in [0.717, 1.165) is 64.2 Å². The van der Waals surface area contributed by atoms with Crippen LogP contribution < -0.4 is 0 Å². The summed E-state index contributed by atoms with van der Waals surface area (Å²) in [6.45, 7) is 8.68. The summed E-state index contributed by atoms with van der Waals surface area (Å²) >= 11 is 0. The second kappa shape index (κ2) is 25.3. The van der Waals surface area contributed by atoms with Crippen molar-refractivity contribution in [3.8, 4) is 0 Å². The van der Waals surface area contributed by atoms with Crippen molar-refractivity contribution in [2.24, 2.45) is 5.92 Å². The van der Waals surface area contributed by atoms with Gasteiger partial charge in [0.2, 0.25) is 0 Å². The smallest absolute Gasteiger partial charge is 0.306 e. The molecule has 36 heavy (non-hydrogen) atoms. The van der Waals surface area contributed by atoms with Gasteiger partial charge in [-0.25, -0.2) is 0 Å². The molecule has 0 fully saturated rings. The van der Waals surface area contributed by atoms with Gasteiger partial charge in [0.05, 0.1) is 13.0 Å². The third-order valence-electron chi connectivity index (χ3n) is 7.04. The average Bonchev–Trinajstić information content (AvgIpc) is 2.86. The molecule has 0 aromatic heterocycles. The molecule has 0 amide bonds. The zero-order valence-electron chi connectivity index (χ0n) is 24.3. The van der Waals surface area contributed by atoms with Crippen molar-refractivity contribution >= 4 is 17.7 Å². The maximum Gasteiger partial charge on any atom is 0.306 e. The number of ether oxygens (including phenoxy) is 2. The Morgan fingerprint density at radius 3 is 1.69 bits per heavy atom. The lowest BCUT2D eigenvalue weighted by molar-refractivity contribution is -0.150. The first-order chi connectivity index (χ1) is 17.4. The van der Waals surface area contributed by atoms with E-state index in [-0.39, 0.29) is 36.7 Å². The fourth-order valence-electron chi connectivity index (χ4n) is 4.47. The third-order valence-corrected chi connectivity index (χ3v) is 7.04. The minimum Gasteiger partial charge on any atom is -0.465 e. The number of unbranched alkanes of at least 4 members (excludes halogenated alkanes) is 11. The summed E-state index contributed by atoms with van der Waals surface area (Å²) in [4.78, 5) is 35.3. The summed E-state index contributed by atoms with van der Waals surface area (Å²) in [6.07, 6.45) is 21.2. The molecule has 0 aromatic rings. The number of ketones is 1. The van der Waals surface area contributed by atoms with Crippen LogP contribution in [0.15, 0.2) is 0 Å². The fourth-order valence-corrected chi connectivity index (χ4v) is 4.47. The van der Waals surface area contributed by atoms with E-state index in [9.17, 15) is 14.4 Å². The molecule has 0 bridgehead atoms. The SMILES string of the molecule is CCCCCCCCCC(CCCCCCCC(=O)OCC(CC)CCCC)OC(=O)CCC(C)=O. The molecule has 212 valence electrons. The van der Waals surface area contributed by atoms with Crippen LogP contribution in [0.5, 0.6) is 0 Å². The molecule has 0 N–H and O–H groups in total. The van der Waals surface area contributed by atoms with Gasteiger partial charge in [-0.3, -0.25) is 9.59 Å². The van der Waals surface area contributed by atoms with Gasteiger partial charge >= 0.3 is 11.9 Å². The normalized spacial score (nSPS) is 12.8. The molecule has 5 heteroatoms. The Kier molecular flexibility index (Phi) is 24.3. The Morgan fingerprint density at radius 1 is 0.583 bits per heavy atom. The Bertz CT molecular complexity index is 545. The minimum absolute atomic E-state index is 0.0288. The lowest BCUT2D eigenvalue weighted by atomic mass is 10.0. The standard InChI is InChI=1S/C31H58O5/c1-5-8-10-11-12-14-17-21-29(36-31(34)25-24-27(4)32)22-18-15-13-16-19-23-30(33)35-26-28(7-3)20-9-6-2/h28-29H,5-26H2,1-4H3. The Hall–Kier alpha value is -1.39. The molecule has 0 saturated heterocycles. The number of hydrogen-bond donors (Lipinski definition) is 0. The van der Waals surface area contributed by atoms with E-state index in [2.05, 4.69) is 20.8 Å². The summed E-state index contributed by atoms with van der Waals surface area (Å²) < 4.78 is 11.2. The van der Waals surface area contributed by atoms with Gasteiger partial charge in [-0.15, -0.1) is 0 Å². The molecule has 0 aliphatic heterocycles. The lowest BCUT2D eigenvalue weighted by Crippen LogP contribution is -2.19. The van der Waals surface area contributed by atoms with Crippen LogP contribution in [0.4, 0.5) is 0 Å². The quantitative estimate of drug-likeness (QED) is 0.0858. The predicted octanol–water partition coefficient (Wildman–Crippen LogP) is 8.90. The number of carbonyl (C=O) groups is 3. The van der Waals surface area contributed by atoms with E-state index in [1.807, 2.05) is 0 Å². The molecule has 0 radical (unpaired) electrons. The van der Waals surface area contributed by atoms with Crippen molar-refractivity contribution in [2.45, 2.75) is 169 Å². The number of carbonyl (C=O) groups excluding carboxylic acids is 3. The molecule has 5 nitrogen and oxygen atoms in total. The van der Waals surface area contributed by atoms with Crippen LogP contribution in [0.25, 0.3) is 0 Å². The summed E-state index contributed by atoms with van der Waals surface area (Å²) in [5, 5.41) is 0. The van der Waals surface area contributed by atoms with E-state index < -0.39 is 0 Å². The first-order valence-corrected chi connectivity index (χ1v) is 15.3. The van der Waals surface area contributed by atoms with Gasteiger partial charge in [-0.05, 0) is 51.4 Å². The average molecular weight is 511 g/mol. The number of Topliss-reactive ketones (excluding diaryl/α,β-unsaturated/α-hetero) is 1. The molecule has 0 rings (SSSR count). The van der Waals surface area contributed by atoms with Gasteiger partial charge in [0.15, 0.2) is 0 Å². The molecule has 0 aliphatic rings. The van der Waals surface area contributed by atoms with E-state index in [0.29, 0.717) is 18.9 Å². The summed E-state index contributed by atoms with van der Waals surface area (Å²) in [5.41, 5.74) is 0. The Morgan fingerprint density at radius 2 is 1.14 bits per heavy atom. The highest BCUT2D eigenvalue weighted by Gasteiger charge is 2.15. The summed E-state index contributed by atoms with van der Waals surface area (Å²) in [6, 6.07) is 0. The highest BCUT2D eigenvalue weighted by molar-refractivity contribution is 5.81. The number of hydrogen-bond acceptors (Lipinski definition) is 5. The molecule has 0 spiro atoms. The van der Waals surface area contributed by atoms with Crippen molar-refractivity contribution < 1.29 is 23.9 Å². The van der Waals surface area contributed by atoms with Crippen molar-refractivity contribution in [2.75, 3.05) is 6.61 Å². The van der Waals surface area contributed by atoms with Gasteiger partial charge in [0.1, 0.15) is 11.9 Å². The van der Waals surface area contributed by atoms with Gasteiger partial charge in [-0.1, -0.05) is 97.8 Å². The Balaban J connectivity index is 4.08. The maximum atomic E-state index is 12.2. The second-order valence-corrected chi connectivity index (χ2v) is 10.6. The third kappa shape index (κ3) is 23.0. The van der Waals surface area contributed by atoms with Crippen LogP contribution in [0.1, 0.15) is 163 Å². The van der Waals surface area contributed by atoms with Crippen LogP contribution in [-0.2, 0) is 23.9 Å². The second-order valence-electron chi connectivity index (χ2n) is 10.6. The number of esters is 2. The fraction of sp³-hybridized carbons (Fsp3) is 0.903. The van der Waals surface area contributed by atoms with E-state index in [1.54, 1.807) is 0 Å². The zero-order chi connectivity index (χ0) is 26.9. The summed E-state index contributed by atoms with van der Waals surface area (Å²) in [5.74, 6) is 0.231. The van der Waals surface area contributed by atoms with Crippen LogP contribution in [-0.4, -0.2) is 30.4 Å². The number of rotatable bonds is 26.